The number of anilines is 2. The number of halogens is 1. The van der Waals surface area contributed by atoms with Gasteiger partial charge in [0, 0.05) is 9.92 Å². The Morgan fingerprint density at radius 3 is 2.16 bits per heavy atom. The zero-order valence-corrected chi connectivity index (χ0v) is 18.2. The first-order chi connectivity index (χ1) is 15.1. The number of hydrogen-bond acceptors (Lipinski definition) is 5. The summed E-state index contributed by atoms with van der Waals surface area (Å²) in [5, 5.41) is 2.25. The first-order valence-electron chi connectivity index (χ1n) is 9.87. The van der Waals surface area contributed by atoms with Crippen LogP contribution in [-0.2, 0) is 14.4 Å². The molecule has 156 valence electrons. The van der Waals surface area contributed by atoms with Gasteiger partial charge in [-0.1, -0.05) is 41.9 Å². The molecule has 0 aliphatic carbocycles. The van der Waals surface area contributed by atoms with E-state index in [2.05, 4.69) is 0 Å². The predicted molar refractivity (Wildman–Crippen MR) is 122 cm³/mol. The lowest BCUT2D eigenvalue weighted by atomic mass is 9.90. The molecule has 0 saturated carbocycles. The first kappa shape index (κ1) is 20.1. The van der Waals surface area contributed by atoms with Gasteiger partial charge in [0.05, 0.1) is 17.4 Å². The molecule has 0 unspecified atom stereocenters. The highest BCUT2D eigenvalue weighted by Crippen LogP contribution is 2.47. The monoisotopic (exact) mass is 450 g/mol. The van der Waals surface area contributed by atoms with Crippen molar-refractivity contribution in [2.24, 2.45) is 5.92 Å². The van der Waals surface area contributed by atoms with Gasteiger partial charge in [0.25, 0.3) is 5.91 Å². The Morgan fingerprint density at radius 2 is 1.52 bits per heavy atom. The van der Waals surface area contributed by atoms with Crippen LogP contribution in [0.5, 0.6) is 0 Å². The normalized spacial score (nSPS) is 22.8. The van der Waals surface area contributed by atoms with Crippen molar-refractivity contribution >= 4 is 46.6 Å². The van der Waals surface area contributed by atoms with Crippen molar-refractivity contribution in [3.63, 3.8) is 0 Å². The van der Waals surface area contributed by atoms with E-state index in [9.17, 15) is 9.59 Å². The van der Waals surface area contributed by atoms with E-state index in [0.29, 0.717) is 10.7 Å². The number of imide groups is 1. The molecule has 0 bridgehead atoms. The molecule has 3 aromatic carbocycles. The van der Waals surface area contributed by atoms with Gasteiger partial charge in [-0.2, -0.15) is 0 Å². The van der Waals surface area contributed by atoms with E-state index in [4.69, 9.17) is 16.4 Å². The van der Waals surface area contributed by atoms with Gasteiger partial charge in [0.15, 0.2) is 6.10 Å². The molecular weight excluding hydrogens is 432 g/mol. The van der Waals surface area contributed by atoms with Crippen molar-refractivity contribution in [1.29, 1.82) is 0 Å². The van der Waals surface area contributed by atoms with E-state index in [0.717, 1.165) is 16.1 Å². The zero-order chi connectivity index (χ0) is 21.5. The van der Waals surface area contributed by atoms with Gasteiger partial charge in [0.2, 0.25) is 5.91 Å². The van der Waals surface area contributed by atoms with Gasteiger partial charge >= 0.3 is 0 Å². The smallest absolute Gasteiger partial charge is 0.266 e. The molecule has 3 atom stereocenters. The summed E-state index contributed by atoms with van der Waals surface area (Å²) in [4.78, 5) is 35.3. The first-order valence-corrected chi connectivity index (χ1v) is 11.5. The predicted octanol–water partition coefficient (Wildman–Crippen LogP) is 5.11. The van der Waals surface area contributed by atoms with Gasteiger partial charge in [-0.15, -0.1) is 11.8 Å². The third-order valence-corrected chi connectivity index (χ3v) is 6.66. The van der Waals surface area contributed by atoms with Crippen LogP contribution in [0.15, 0.2) is 83.8 Å². The van der Waals surface area contributed by atoms with E-state index in [1.807, 2.05) is 60.9 Å². The maximum atomic E-state index is 13.5. The van der Waals surface area contributed by atoms with Crippen LogP contribution in [0.4, 0.5) is 11.4 Å². The largest absolute Gasteiger partial charge is 0.273 e. The number of carbonyl (C=O) groups excluding carboxylic acids is 2. The number of thioether (sulfide) groups is 1. The third kappa shape index (κ3) is 3.41. The minimum absolute atomic E-state index is 0.269. The lowest BCUT2D eigenvalue weighted by Gasteiger charge is -2.28. The maximum absolute atomic E-state index is 13.5. The van der Waals surface area contributed by atoms with Crippen molar-refractivity contribution in [2.45, 2.75) is 17.0 Å². The number of fused-ring (bicyclic) bond motifs is 1. The number of hydrogen-bond donors (Lipinski definition) is 0. The number of hydroxylamine groups is 1. The molecule has 5 rings (SSSR count). The minimum Gasteiger partial charge on any atom is -0.273 e. The number of rotatable bonds is 4. The van der Waals surface area contributed by atoms with Crippen LogP contribution in [0.3, 0.4) is 0 Å². The fourth-order valence-electron chi connectivity index (χ4n) is 4.20. The molecule has 3 aromatic rings. The number of nitrogens with zero attached hydrogens (tertiary/aromatic N) is 2. The zero-order valence-electron chi connectivity index (χ0n) is 16.6. The Labute approximate surface area is 189 Å². The highest BCUT2D eigenvalue weighted by atomic mass is 35.5. The molecule has 0 spiro atoms. The summed E-state index contributed by atoms with van der Waals surface area (Å²) >= 11 is 7.63. The number of benzene rings is 3. The van der Waals surface area contributed by atoms with Crippen molar-refractivity contribution in [3.8, 4) is 0 Å². The second kappa shape index (κ2) is 8.04. The maximum Gasteiger partial charge on any atom is 0.266 e. The molecule has 0 radical (unpaired) electrons. The lowest BCUT2D eigenvalue weighted by molar-refractivity contribution is -0.126. The summed E-state index contributed by atoms with van der Waals surface area (Å²) in [5.74, 6) is -1.28. The molecule has 7 heteroatoms. The molecule has 2 aliphatic rings. The molecule has 2 fully saturated rings. The van der Waals surface area contributed by atoms with Crippen LogP contribution < -0.4 is 9.96 Å². The van der Waals surface area contributed by atoms with Crippen LogP contribution >= 0.6 is 23.4 Å². The fraction of sp³-hybridized carbons (Fsp3) is 0.167. The Hall–Kier alpha value is -2.80. The van der Waals surface area contributed by atoms with Crippen LogP contribution in [0.25, 0.3) is 0 Å². The topological polar surface area (TPSA) is 49.9 Å². The second-order valence-electron chi connectivity index (χ2n) is 7.42. The SMILES string of the molecule is CSc1ccc([C@@H]2[C@@H]3C(=O)N(c4ccc(Cl)cc4)C(=O)[C@@H]3ON2c2ccccc2)cc1. The van der Waals surface area contributed by atoms with Gasteiger partial charge < -0.3 is 0 Å². The average molecular weight is 451 g/mol. The Bertz CT molecular complexity index is 1120. The number of para-hydroxylation sites is 1. The molecule has 5 nitrogen and oxygen atoms in total. The molecule has 2 heterocycles. The molecule has 2 amide bonds. The Morgan fingerprint density at radius 1 is 0.839 bits per heavy atom. The van der Waals surface area contributed by atoms with Crippen LogP contribution in [0.2, 0.25) is 5.02 Å². The molecule has 2 saturated heterocycles. The second-order valence-corrected chi connectivity index (χ2v) is 8.74. The summed E-state index contributed by atoms with van der Waals surface area (Å²) in [6, 6.07) is 23.9. The highest BCUT2D eigenvalue weighted by Gasteiger charge is 2.60. The van der Waals surface area contributed by atoms with E-state index in [-0.39, 0.29) is 11.8 Å². The van der Waals surface area contributed by atoms with Crippen molar-refractivity contribution < 1.29 is 14.4 Å². The minimum atomic E-state index is -0.881. The standard InChI is InChI=1S/C24H19ClN2O3S/c1-31-19-13-7-15(8-14-19)21-20-22(30-27(21)18-5-3-2-4-6-18)24(29)26(23(20)28)17-11-9-16(25)10-12-17/h2-14,20-22H,1H3/t20-,21+,22+/m0/s1. The van der Waals surface area contributed by atoms with Gasteiger partial charge in [-0.3, -0.25) is 14.4 Å². The van der Waals surface area contributed by atoms with Gasteiger partial charge in [-0.05, 0) is 60.4 Å². The van der Waals surface area contributed by atoms with Crippen LogP contribution in [0.1, 0.15) is 11.6 Å². The highest BCUT2D eigenvalue weighted by molar-refractivity contribution is 7.98. The van der Waals surface area contributed by atoms with E-state index < -0.39 is 18.1 Å². The van der Waals surface area contributed by atoms with E-state index in [1.54, 1.807) is 41.1 Å². The number of carbonyl (C=O) groups is 2. The molecule has 31 heavy (non-hydrogen) atoms. The summed E-state index contributed by atoms with van der Waals surface area (Å²) in [5.41, 5.74) is 2.22. The van der Waals surface area contributed by atoms with Crippen molar-refractivity contribution in [2.75, 3.05) is 16.2 Å². The molecule has 2 aliphatic heterocycles. The summed E-state index contributed by atoms with van der Waals surface area (Å²) in [6.45, 7) is 0. The van der Waals surface area contributed by atoms with Crippen LogP contribution in [0, 0.1) is 5.92 Å². The lowest BCUT2D eigenvalue weighted by Crippen LogP contribution is -2.37. The molecule has 0 N–H and O–H groups in total. The Kier molecular flexibility index (Phi) is 5.22. The fourth-order valence-corrected chi connectivity index (χ4v) is 4.73. The quantitative estimate of drug-likeness (QED) is 0.408. The Balaban J connectivity index is 1.57. The van der Waals surface area contributed by atoms with Crippen molar-refractivity contribution in [1.82, 2.24) is 0 Å². The van der Waals surface area contributed by atoms with Crippen LogP contribution in [-0.4, -0.2) is 24.2 Å². The van der Waals surface area contributed by atoms with E-state index in [1.165, 1.54) is 4.90 Å². The van der Waals surface area contributed by atoms with Gasteiger partial charge in [-0.25, -0.2) is 9.96 Å². The van der Waals surface area contributed by atoms with E-state index >= 15 is 0 Å². The summed E-state index contributed by atoms with van der Waals surface area (Å²) in [7, 11) is 0. The number of amides is 2. The van der Waals surface area contributed by atoms with Crippen molar-refractivity contribution in [3.05, 3.63) is 89.4 Å². The van der Waals surface area contributed by atoms with Gasteiger partial charge in [0.1, 0.15) is 5.92 Å². The summed E-state index contributed by atoms with van der Waals surface area (Å²) < 4.78 is 0. The average Bonchev–Trinajstić information content (AvgIpc) is 3.31. The molecular formula is C24H19ClN2O3S. The molecule has 0 aromatic heterocycles. The third-order valence-electron chi connectivity index (χ3n) is 5.67. The summed E-state index contributed by atoms with van der Waals surface area (Å²) in [6.07, 6.45) is 1.14.